The van der Waals surface area contributed by atoms with E-state index in [0.29, 0.717) is 37.5 Å². The summed E-state index contributed by atoms with van der Waals surface area (Å²) in [4.78, 5) is 27.8. The van der Waals surface area contributed by atoms with Crippen LogP contribution in [0.15, 0.2) is 48.7 Å². The van der Waals surface area contributed by atoms with E-state index >= 15 is 0 Å². The highest BCUT2D eigenvalue weighted by atomic mass is 16.5. The summed E-state index contributed by atoms with van der Waals surface area (Å²) in [5.74, 6) is -0.431. The highest BCUT2D eigenvalue weighted by molar-refractivity contribution is 5.90. The summed E-state index contributed by atoms with van der Waals surface area (Å²) in [6.45, 7) is 2.68. The predicted octanol–water partition coefficient (Wildman–Crippen LogP) is 3.08. The fourth-order valence-corrected chi connectivity index (χ4v) is 4.65. The second-order valence-corrected chi connectivity index (χ2v) is 8.24. The molecule has 0 bridgehead atoms. The number of hydrogen-bond donors (Lipinski definition) is 2. The Balaban J connectivity index is 1.64. The Bertz CT molecular complexity index is 1180. The molecular formula is C25H29N3O6. The average molecular weight is 468 g/mol. The van der Waals surface area contributed by atoms with Crippen molar-refractivity contribution in [3.63, 3.8) is 0 Å². The number of nitrogens with zero attached hydrogens (tertiary/aromatic N) is 3. The highest BCUT2D eigenvalue weighted by Gasteiger charge is 2.33. The zero-order valence-corrected chi connectivity index (χ0v) is 19.3. The molecule has 0 spiro atoms. The molecule has 1 fully saturated rings. The molecule has 180 valence electrons. The molecule has 2 heterocycles. The Kier molecular flexibility index (Phi) is 6.93. The van der Waals surface area contributed by atoms with Gasteiger partial charge in [0.05, 0.1) is 26.3 Å². The lowest BCUT2D eigenvalue weighted by molar-refractivity contribution is -0.143. The quantitative estimate of drug-likeness (QED) is 0.495. The van der Waals surface area contributed by atoms with Crippen molar-refractivity contribution in [2.75, 3.05) is 45.3 Å². The fourth-order valence-electron chi connectivity index (χ4n) is 4.65. The Morgan fingerprint density at radius 2 is 1.74 bits per heavy atom. The maximum absolute atomic E-state index is 12.5. The Labute approximate surface area is 197 Å². The lowest BCUT2D eigenvalue weighted by atomic mass is 10.0. The lowest BCUT2D eigenvalue weighted by Gasteiger charge is -2.39. The molecule has 4 rings (SSSR count). The van der Waals surface area contributed by atoms with E-state index in [1.165, 1.54) is 0 Å². The number of anilines is 1. The largest absolute Gasteiger partial charge is 0.497 e. The van der Waals surface area contributed by atoms with Crippen LogP contribution in [0.3, 0.4) is 0 Å². The number of piperazine rings is 1. The van der Waals surface area contributed by atoms with E-state index in [1.54, 1.807) is 26.5 Å². The van der Waals surface area contributed by atoms with E-state index in [1.807, 2.05) is 45.9 Å². The Hall–Kier alpha value is -3.72. The minimum atomic E-state index is -0.939. The SMILES string of the molecule is COc1ccc2c(c1)c(C(C(=O)O)N1CCN(c3ccccc3OC)CC1)cn2CCC(=O)O. The molecule has 1 atom stereocenters. The number of para-hydroxylation sites is 2. The summed E-state index contributed by atoms with van der Waals surface area (Å²) in [6.07, 6.45) is 1.73. The molecule has 9 heteroatoms. The van der Waals surface area contributed by atoms with Crippen LogP contribution in [0.4, 0.5) is 5.69 Å². The van der Waals surface area contributed by atoms with E-state index in [2.05, 4.69) is 4.90 Å². The van der Waals surface area contributed by atoms with Gasteiger partial charge in [0.2, 0.25) is 0 Å². The van der Waals surface area contributed by atoms with E-state index < -0.39 is 18.0 Å². The second kappa shape index (κ2) is 10.0. The first-order valence-electron chi connectivity index (χ1n) is 11.2. The van der Waals surface area contributed by atoms with E-state index in [-0.39, 0.29) is 13.0 Å². The van der Waals surface area contributed by atoms with Gasteiger partial charge in [-0.1, -0.05) is 12.1 Å². The number of benzene rings is 2. The highest BCUT2D eigenvalue weighted by Crippen LogP contribution is 2.35. The van der Waals surface area contributed by atoms with Gasteiger partial charge in [0.1, 0.15) is 17.5 Å². The normalized spacial score (nSPS) is 15.3. The molecule has 1 aliphatic rings. The Morgan fingerprint density at radius 1 is 1.00 bits per heavy atom. The van der Waals surface area contributed by atoms with Gasteiger partial charge in [-0.2, -0.15) is 0 Å². The molecule has 3 aromatic rings. The third-order valence-electron chi connectivity index (χ3n) is 6.32. The van der Waals surface area contributed by atoms with Crippen molar-refractivity contribution >= 4 is 28.5 Å². The van der Waals surface area contributed by atoms with Crippen molar-refractivity contribution in [2.24, 2.45) is 0 Å². The smallest absolute Gasteiger partial charge is 0.325 e. The number of aryl methyl sites for hydroxylation is 1. The maximum Gasteiger partial charge on any atom is 0.325 e. The number of fused-ring (bicyclic) bond motifs is 1. The molecular weight excluding hydrogens is 438 g/mol. The minimum Gasteiger partial charge on any atom is -0.497 e. The maximum atomic E-state index is 12.5. The fraction of sp³-hybridized carbons (Fsp3) is 0.360. The summed E-state index contributed by atoms with van der Waals surface area (Å²) < 4.78 is 12.7. The van der Waals surface area contributed by atoms with Crippen LogP contribution in [-0.4, -0.2) is 72.0 Å². The zero-order chi connectivity index (χ0) is 24.2. The molecule has 0 radical (unpaired) electrons. The van der Waals surface area contributed by atoms with Crippen molar-refractivity contribution in [3.05, 3.63) is 54.2 Å². The van der Waals surface area contributed by atoms with Gasteiger partial charge in [-0.25, -0.2) is 0 Å². The first-order chi connectivity index (χ1) is 16.4. The van der Waals surface area contributed by atoms with Crippen LogP contribution in [0.2, 0.25) is 0 Å². The van der Waals surface area contributed by atoms with Gasteiger partial charge in [-0.3, -0.25) is 14.5 Å². The summed E-state index contributed by atoms with van der Waals surface area (Å²) in [5.41, 5.74) is 2.42. The minimum absolute atomic E-state index is 0.0510. The second-order valence-electron chi connectivity index (χ2n) is 8.24. The first-order valence-corrected chi connectivity index (χ1v) is 11.2. The van der Waals surface area contributed by atoms with Crippen molar-refractivity contribution in [1.29, 1.82) is 0 Å². The molecule has 2 aromatic carbocycles. The van der Waals surface area contributed by atoms with Crippen molar-refractivity contribution in [3.8, 4) is 11.5 Å². The average Bonchev–Trinajstić information content (AvgIpc) is 3.20. The van der Waals surface area contributed by atoms with E-state index in [9.17, 15) is 14.7 Å². The molecule has 1 saturated heterocycles. The van der Waals surface area contributed by atoms with Gasteiger partial charge >= 0.3 is 11.9 Å². The van der Waals surface area contributed by atoms with Crippen LogP contribution < -0.4 is 14.4 Å². The van der Waals surface area contributed by atoms with Gasteiger partial charge < -0.3 is 29.2 Å². The summed E-state index contributed by atoms with van der Waals surface area (Å²) in [6, 6.07) is 12.4. The van der Waals surface area contributed by atoms with Gasteiger partial charge in [0, 0.05) is 55.4 Å². The van der Waals surface area contributed by atoms with Gasteiger partial charge in [0.15, 0.2) is 0 Å². The third-order valence-corrected chi connectivity index (χ3v) is 6.32. The topological polar surface area (TPSA) is 104 Å². The van der Waals surface area contributed by atoms with Crippen LogP contribution in [0.25, 0.3) is 10.9 Å². The molecule has 34 heavy (non-hydrogen) atoms. The molecule has 1 aromatic heterocycles. The van der Waals surface area contributed by atoms with Crippen molar-refractivity contribution < 1.29 is 29.3 Å². The number of carboxylic acids is 2. The van der Waals surface area contributed by atoms with Crippen LogP contribution in [-0.2, 0) is 16.1 Å². The number of methoxy groups -OCH3 is 2. The van der Waals surface area contributed by atoms with E-state index in [4.69, 9.17) is 14.6 Å². The number of aromatic nitrogens is 1. The number of ether oxygens (including phenoxy) is 2. The number of carboxylic acid groups (broad SMARTS) is 2. The predicted molar refractivity (Wildman–Crippen MR) is 128 cm³/mol. The number of carbonyl (C=O) groups is 2. The monoisotopic (exact) mass is 467 g/mol. The van der Waals surface area contributed by atoms with Crippen molar-refractivity contribution in [1.82, 2.24) is 9.47 Å². The van der Waals surface area contributed by atoms with Gasteiger partial charge in [-0.15, -0.1) is 0 Å². The molecule has 1 unspecified atom stereocenters. The summed E-state index contributed by atoms with van der Waals surface area (Å²) in [7, 11) is 3.21. The zero-order valence-electron chi connectivity index (χ0n) is 19.3. The van der Waals surface area contributed by atoms with Gasteiger partial charge in [-0.05, 0) is 30.3 Å². The molecule has 1 aliphatic heterocycles. The summed E-state index contributed by atoms with van der Waals surface area (Å²) >= 11 is 0. The molecule has 2 N–H and O–H groups in total. The van der Waals surface area contributed by atoms with Crippen LogP contribution >= 0.6 is 0 Å². The van der Waals surface area contributed by atoms with Crippen molar-refractivity contribution in [2.45, 2.75) is 19.0 Å². The number of rotatable bonds is 9. The number of hydrogen-bond acceptors (Lipinski definition) is 6. The number of aliphatic carboxylic acids is 2. The van der Waals surface area contributed by atoms with Crippen LogP contribution in [0, 0.1) is 0 Å². The standard InChI is InChI=1S/C25H29N3O6/c1-33-17-7-8-20-18(15-17)19(16-28(20)10-9-23(29)30)24(25(31)32)27-13-11-26(12-14-27)21-5-3-4-6-22(21)34-2/h3-8,15-16,24H,9-14H2,1-2H3,(H,29,30)(H,31,32). The van der Waals surface area contributed by atoms with E-state index in [0.717, 1.165) is 22.3 Å². The molecule has 0 amide bonds. The summed E-state index contributed by atoms with van der Waals surface area (Å²) in [5, 5.41) is 20.1. The van der Waals surface area contributed by atoms with Crippen LogP contribution in [0.1, 0.15) is 18.0 Å². The third kappa shape index (κ3) is 4.65. The molecule has 0 aliphatic carbocycles. The molecule has 9 nitrogen and oxygen atoms in total. The Morgan fingerprint density at radius 3 is 2.38 bits per heavy atom. The van der Waals surface area contributed by atoms with Crippen LogP contribution in [0.5, 0.6) is 11.5 Å². The first kappa shape index (κ1) is 23.4. The molecule has 0 saturated carbocycles. The lowest BCUT2D eigenvalue weighted by Crippen LogP contribution is -2.49. The van der Waals surface area contributed by atoms with Gasteiger partial charge in [0.25, 0.3) is 0 Å².